The molecule has 5 heteroatoms. The highest BCUT2D eigenvalue weighted by Crippen LogP contribution is 2.29. The lowest BCUT2D eigenvalue weighted by atomic mass is 10.1. The summed E-state index contributed by atoms with van der Waals surface area (Å²) in [5, 5.41) is 5.71. The van der Waals surface area contributed by atoms with Gasteiger partial charge in [-0.3, -0.25) is 9.59 Å². The fourth-order valence-corrected chi connectivity index (χ4v) is 4.15. The van der Waals surface area contributed by atoms with E-state index in [1.165, 1.54) is 17.8 Å². The van der Waals surface area contributed by atoms with Crippen molar-refractivity contribution in [1.29, 1.82) is 0 Å². The third-order valence-corrected chi connectivity index (χ3v) is 6.28. The Balaban J connectivity index is 1.63. The normalized spacial score (nSPS) is 11.8. The fourth-order valence-electron chi connectivity index (χ4n) is 3.14. The summed E-state index contributed by atoms with van der Waals surface area (Å²) in [6.45, 7) is 6.00. The molecule has 0 fully saturated rings. The summed E-state index contributed by atoms with van der Waals surface area (Å²) in [6.07, 6.45) is 3.98. The average Bonchev–Trinajstić information content (AvgIpc) is 2.79. The molecular formula is C27H28N2O2S. The van der Waals surface area contributed by atoms with Crippen molar-refractivity contribution >= 4 is 41.0 Å². The van der Waals surface area contributed by atoms with E-state index in [-0.39, 0.29) is 17.1 Å². The van der Waals surface area contributed by atoms with Crippen molar-refractivity contribution < 1.29 is 9.59 Å². The first kappa shape index (κ1) is 23.4. The van der Waals surface area contributed by atoms with Crippen LogP contribution in [-0.2, 0) is 9.59 Å². The van der Waals surface area contributed by atoms with Crippen molar-refractivity contribution in [1.82, 2.24) is 0 Å². The summed E-state index contributed by atoms with van der Waals surface area (Å²) < 4.78 is 0. The predicted molar refractivity (Wildman–Crippen MR) is 135 cm³/mol. The molecule has 164 valence electrons. The van der Waals surface area contributed by atoms with E-state index < -0.39 is 0 Å². The highest BCUT2D eigenvalue weighted by atomic mass is 32.2. The first-order valence-electron chi connectivity index (χ1n) is 10.6. The first-order chi connectivity index (χ1) is 15.4. The van der Waals surface area contributed by atoms with Crippen LogP contribution >= 0.6 is 11.8 Å². The van der Waals surface area contributed by atoms with Crippen molar-refractivity contribution in [3.05, 3.63) is 95.6 Å². The van der Waals surface area contributed by atoms with Gasteiger partial charge >= 0.3 is 0 Å². The molecule has 0 heterocycles. The van der Waals surface area contributed by atoms with Gasteiger partial charge in [-0.2, -0.15) is 0 Å². The van der Waals surface area contributed by atoms with E-state index in [0.29, 0.717) is 12.1 Å². The summed E-state index contributed by atoms with van der Waals surface area (Å²) in [6, 6.07) is 23.3. The van der Waals surface area contributed by atoms with E-state index in [1.807, 2.05) is 93.6 Å². The zero-order chi connectivity index (χ0) is 22.9. The maximum Gasteiger partial charge on any atom is 0.248 e. The molecular weight excluding hydrogens is 416 g/mol. The molecule has 3 aromatic rings. The van der Waals surface area contributed by atoms with Gasteiger partial charge in [0.25, 0.3) is 0 Å². The summed E-state index contributed by atoms with van der Waals surface area (Å²) in [4.78, 5) is 26.1. The Bertz CT molecular complexity index is 1110. The number of hydrogen-bond donors (Lipinski definition) is 2. The molecule has 0 saturated carbocycles. The van der Waals surface area contributed by atoms with Crippen molar-refractivity contribution in [3.63, 3.8) is 0 Å². The molecule has 2 amide bonds. The van der Waals surface area contributed by atoms with Gasteiger partial charge in [0.15, 0.2) is 0 Å². The van der Waals surface area contributed by atoms with Crippen molar-refractivity contribution in [2.24, 2.45) is 0 Å². The minimum Gasteiger partial charge on any atom is -0.325 e. The zero-order valence-electron chi connectivity index (χ0n) is 18.6. The van der Waals surface area contributed by atoms with Crippen molar-refractivity contribution in [2.75, 3.05) is 10.6 Å². The molecule has 32 heavy (non-hydrogen) atoms. The van der Waals surface area contributed by atoms with Gasteiger partial charge in [-0.1, -0.05) is 55.5 Å². The lowest BCUT2D eigenvalue weighted by Gasteiger charge is -2.17. The minimum absolute atomic E-state index is 0.0218. The second-order valence-electron chi connectivity index (χ2n) is 7.58. The largest absolute Gasteiger partial charge is 0.325 e. The molecule has 0 saturated heterocycles. The second kappa shape index (κ2) is 11.3. The number of nitrogens with one attached hydrogen (secondary N) is 2. The third kappa shape index (κ3) is 6.86. The van der Waals surface area contributed by atoms with Crippen LogP contribution in [0.3, 0.4) is 0 Å². The number of carbonyl (C=O) groups is 2. The summed E-state index contributed by atoms with van der Waals surface area (Å²) in [5.41, 5.74) is 4.66. The van der Waals surface area contributed by atoms with Gasteiger partial charge in [0, 0.05) is 22.3 Å². The van der Waals surface area contributed by atoms with Gasteiger partial charge in [-0.05, 0) is 67.3 Å². The molecule has 3 rings (SSSR count). The Morgan fingerprint density at radius 2 is 1.72 bits per heavy atom. The van der Waals surface area contributed by atoms with Gasteiger partial charge in [-0.25, -0.2) is 0 Å². The van der Waals surface area contributed by atoms with E-state index in [4.69, 9.17) is 0 Å². The Morgan fingerprint density at radius 3 is 2.47 bits per heavy atom. The molecule has 0 aliphatic carbocycles. The van der Waals surface area contributed by atoms with Crippen molar-refractivity contribution in [3.8, 4) is 0 Å². The molecule has 0 aromatic heterocycles. The summed E-state index contributed by atoms with van der Waals surface area (Å²) in [7, 11) is 0. The van der Waals surface area contributed by atoms with Crippen LogP contribution in [0.2, 0.25) is 0 Å². The van der Waals surface area contributed by atoms with Crippen LogP contribution in [0, 0.1) is 13.8 Å². The summed E-state index contributed by atoms with van der Waals surface area (Å²) >= 11 is 1.50. The number of aryl methyl sites for hydroxylation is 2. The Labute approximate surface area is 194 Å². The van der Waals surface area contributed by atoms with Gasteiger partial charge < -0.3 is 10.6 Å². The Hall–Kier alpha value is -3.31. The third-order valence-electron chi connectivity index (χ3n) is 4.92. The van der Waals surface area contributed by atoms with E-state index in [1.54, 1.807) is 6.08 Å². The molecule has 1 unspecified atom stereocenters. The smallest absolute Gasteiger partial charge is 0.248 e. The summed E-state index contributed by atoms with van der Waals surface area (Å²) in [5.74, 6) is -0.220. The molecule has 0 spiro atoms. The number of hydrogen-bond acceptors (Lipinski definition) is 3. The maximum atomic E-state index is 12.9. The average molecular weight is 445 g/mol. The Kier molecular flexibility index (Phi) is 8.28. The van der Waals surface area contributed by atoms with E-state index in [2.05, 4.69) is 10.6 Å². The molecule has 2 N–H and O–H groups in total. The molecule has 1 atom stereocenters. The van der Waals surface area contributed by atoms with E-state index in [9.17, 15) is 9.59 Å². The fraction of sp³-hybridized carbons (Fsp3) is 0.185. The first-order valence-corrected chi connectivity index (χ1v) is 11.5. The lowest BCUT2D eigenvalue weighted by Crippen LogP contribution is -2.25. The zero-order valence-corrected chi connectivity index (χ0v) is 19.4. The van der Waals surface area contributed by atoms with Gasteiger partial charge in [0.2, 0.25) is 11.8 Å². The van der Waals surface area contributed by atoms with Crippen LogP contribution < -0.4 is 10.6 Å². The van der Waals surface area contributed by atoms with Crippen LogP contribution in [0.15, 0.2) is 83.8 Å². The number of benzene rings is 3. The quantitative estimate of drug-likeness (QED) is 0.309. The minimum atomic E-state index is -0.237. The molecule has 0 radical (unpaired) electrons. The number of rotatable bonds is 8. The predicted octanol–water partition coefficient (Wildman–Crippen LogP) is 6.46. The SMILES string of the molecule is CCC(Sc1cccc(NC(=O)/C=C/c2ccccc2)c1)C(=O)Nc1cc(C)ccc1C. The molecule has 0 bridgehead atoms. The molecule has 3 aromatic carbocycles. The highest BCUT2D eigenvalue weighted by molar-refractivity contribution is 8.00. The topological polar surface area (TPSA) is 58.2 Å². The van der Waals surface area contributed by atoms with Gasteiger partial charge in [0.05, 0.1) is 5.25 Å². The van der Waals surface area contributed by atoms with E-state index in [0.717, 1.165) is 27.3 Å². The number of carbonyl (C=O) groups excluding carboxylic acids is 2. The number of anilines is 2. The number of amides is 2. The molecule has 0 aliphatic heterocycles. The monoisotopic (exact) mass is 444 g/mol. The number of thioether (sulfide) groups is 1. The standard InChI is InChI=1S/C27H28N2O2S/c1-4-25(27(31)29-24-17-19(2)13-14-20(24)3)32-23-12-8-11-22(18-23)28-26(30)16-15-21-9-6-5-7-10-21/h5-18,25H,4H2,1-3H3,(H,28,30)(H,29,31)/b16-15+. The maximum absolute atomic E-state index is 12.9. The van der Waals surface area contributed by atoms with Crippen LogP contribution in [0.4, 0.5) is 11.4 Å². The highest BCUT2D eigenvalue weighted by Gasteiger charge is 2.19. The van der Waals surface area contributed by atoms with Crippen LogP contribution in [-0.4, -0.2) is 17.1 Å². The van der Waals surface area contributed by atoms with Crippen LogP contribution in [0.1, 0.15) is 30.0 Å². The van der Waals surface area contributed by atoms with E-state index >= 15 is 0 Å². The lowest BCUT2D eigenvalue weighted by molar-refractivity contribution is -0.115. The van der Waals surface area contributed by atoms with Crippen LogP contribution in [0.25, 0.3) is 6.08 Å². The molecule has 0 aliphatic rings. The van der Waals surface area contributed by atoms with Crippen LogP contribution in [0.5, 0.6) is 0 Å². The Morgan fingerprint density at radius 1 is 0.938 bits per heavy atom. The molecule has 4 nitrogen and oxygen atoms in total. The van der Waals surface area contributed by atoms with Gasteiger partial charge in [-0.15, -0.1) is 11.8 Å². The van der Waals surface area contributed by atoms with Gasteiger partial charge in [0.1, 0.15) is 0 Å². The second-order valence-corrected chi connectivity index (χ2v) is 8.86. The van der Waals surface area contributed by atoms with Crippen molar-refractivity contribution in [2.45, 2.75) is 37.3 Å².